The Hall–Kier alpha value is -1.10. The van der Waals surface area contributed by atoms with Gasteiger partial charge in [0.05, 0.1) is 17.3 Å². The summed E-state index contributed by atoms with van der Waals surface area (Å²) < 4.78 is 0. The summed E-state index contributed by atoms with van der Waals surface area (Å²) in [5, 5.41) is 12.2. The molecule has 2 N–H and O–H groups in total. The van der Waals surface area contributed by atoms with Crippen LogP contribution in [-0.2, 0) is 4.79 Å². The van der Waals surface area contributed by atoms with Gasteiger partial charge in [0.1, 0.15) is 0 Å². The fraction of sp³-hybridized carbons (Fsp3) is 0.500. The molecule has 0 heterocycles. The number of carbonyl (C=O) groups is 1. The highest BCUT2D eigenvalue weighted by Crippen LogP contribution is 2.20. The van der Waals surface area contributed by atoms with Crippen LogP contribution in [0.15, 0.2) is 24.3 Å². The van der Waals surface area contributed by atoms with Crippen LogP contribution < -0.4 is 5.32 Å². The molecule has 0 unspecified atom stereocenters. The van der Waals surface area contributed by atoms with Crippen molar-refractivity contribution in [2.75, 3.05) is 25.0 Å². The summed E-state index contributed by atoms with van der Waals surface area (Å²) in [6.45, 7) is 5.18. The molecule has 5 heteroatoms. The fourth-order valence-corrected chi connectivity index (χ4v) is 1.91. The van der Waals surface area contributed by atoms with Crippen LogP contribution >= 0.6 is 11.6 Å². The van der Waals surface area contributed by atoms with E-state index in [2.05, 4.69) is 5.32 Å². The molecular weight excluding hydrogens is 264 g/mol. The van der Waals surface area contributed by atoms with Gasteiger partial charge in [0, 0.05) is 19.2 Å². The van der Waals surface area contributed by atoms with Gasteiger partial charge in [-0.1, -0.05) is 23.7 Å². The molecule has 1 rings (SSSR count). The van der Waals surface area contributed by atoms with Crippen molar-refractivity contribution in [1.82, 2.24) is 4.90 Å². The molecule has 0 aliphatic heterocycles. The summed E-state index contributed by atoms with van der Waals surface area (Å²) in [4.78, 5) is 14.0. The Morgan fingerprint density at radius 1 is 1.42 bits per heavy atom. The maximum atomic E-state index is 12.0. The normalized spacial score (nSPS) is 11.1. The number of hydrogen-bond donors (Lipinski definition) is 2. The Balaban J connectivity index is 2.55. The molecule has 0 spiro atoms. The molecule has 0 radical (unpaired) electrons. The molecule has 0 saturated heterocycles. The van der Waals surface area contributed by atoms with Gasteiger partial charge in [-0.3, -0.25) is 9.69 Å². The van der Waals surface area contributed by atoms with E-state index in [0.717, 1.165) is 0 Å². The third kappa shape index (κ3) is 5.59. The van der Waals surface area contributed by atoms with Crippen LogP contribution in [0.2, 0.25) is 5.02 Å². The Morgan fingerprint density at radius 3 is 2.68 bits per heavy atom. The Morgan fingerprint density at radius 2 is 2.11 bits per heavy atom. The van der Waals surface area contributed by atoms with E-state index in [0.29, 0.717) is 30.2 Å². The second-order valence-corrected chi connectivity index (χ2v) is 5.08. The van der Waals surface area contributed by atoms with Gasteiger partial charge in [-0.05, 0) is 32.4 Å². The number of carbonyl (C=O) groups excluding carboxylic acids is 1. The molecule has 1 aromatic rings. The first-order chi connectivity index (χ1) is 9.04. The summed E-state index contributed by atoms with van der Waals surface area (Å²) in [6.07, 6.45) is 0.664. The van der Waals surface area contributed by atoms with Crippen molar-refractivity contribution in [1.29, 1.82) is 0 Å². The topological polar surface area (TPSA) is 52.6 Å². The smallest absolute Gasteiger partial charge is 0.238 e. The Labute approximate surface area is 119 Å². The predicted octanol–water partition coefficient (Wildman–Crippen LogP) is 2.37. The third-order valence-corrected chi connectivity index (χ3v) is 3.16. The highest BCUT2D eigenvalue weighted by atomic mass is 35.5. The zero-order valence-corrected chi connectivity index (χ0v) is 12.2. The third-order valence-electron chi connectivity index (χ3n) is 2.83. The second kappa shape index (κ2) is 8.15. The lowest BCUT2D eigenvalue weighted by atomic mass is 10.2. The maximum Gasteiger partial charge on any atom is 0.238 e. The van der Waals surface area contributed by atoms with Gasteiger partial charge in [0.15, 0.2) is 0 Å². The van der Waals surface area contributed by atoms with E-state index >= 15 is 0 Å². The fourth-order valence-electron chi connectivity index (χ4n) is 1.73. The number of nitrogens with zero attached hydrogens (tertiary/aromatic N) is 1. The second-order valence-electron chi connectivity index (χ2n) is 4.67. The molecular formula is C14H21ClN2O2. The molecule has 0 saturated carbocycles. The molecule has 19 heavy (non-hydrogen) atoms. The maximum absolute atomic E-state index is 12.0. The standard InChI is InChI=1S/C14H21ClN2O2/c1-11(2)17(8-5-9-18)10-14(19)16-13-7-4-3-6-12(13)15/h3-4,6-7,11,18H,5,8-10H2,1-2H3,(H,16,19). The van der Waals surface area contributed by atoms with E-state index in [1.807, 2.05) is 30.9 Å². The molecule has 106 valence electrons. The minimum Gasteiger partial charge on any atom is -0.396 e. The lowest BCUT2D eigenvalue weighted by molar-refractivity contribution is -0.117. The van der Waals surface area contributed by atoms with Crippen LogP contribution in [0.5, 0.6) is 0 Å². The van der Waals surface area contributed by atoms with Gasteiger partial charge in [0.2, 0.25) is 5.91 Å². The quantitative estimate of drug-likeness (QED) is 0.808. The first-order valence-electron chi connectivity index (χ1n) is 6.44. The lowest BCUT2D eigenvalue weighted by Gasteiger charge is -2.25. The van der Waals surface area contributed by atoms with E-state index in [-0.39, 0.29) is 18.6 Å². The van der Waals surface area contributed by atoms with Crippen LogP contribution in [0, 0.1) is 0 Å². The van der Waals surface area contributed by atoms with Crippen LogP contribution in [0.4, 0.5) is 5.69 Å². The predicted molar refractivity (Wildman–Crippen MR) is 78.5 cm³/mol. The zero-order chi connectivity index (χ0) is 14.3. The van der Waals surface area contributed by atoms with Crippen molar-refractivity contribution in [2.45, 2.75) is 26.3 Å². The van der Waals surface area contributed by atoms with Crippen molar-refractivity contribution in [3.63, 3.8) is 0 Å². The van der Waals surface area contributed by atoms with E-state index in [1.165, 1.54) is 0 Å². The van der Waals surface area contributed by atoms with Crippen molar-refractivity contribution >= 4 is 23.2 Å². The number of hydrogen-bond acceptors (Lipinski definition) is 3. The molecule has 0 aliphatic carbocycles. The van der Waals surface area contributed by atoms with E-state index in [4.69, 9.17) is 16.7 Å². The van der Waals surface area contributed by atoms with Crippen molar-refractivity contribution in [3.8, 4) is 0 Å². The van der Waals surface area contributed by atoms with Crippen LogP contribution in [0.25, 0.3) is 0 Å². The van der Waals surface area contributed by atoms with Gasteiger partial charge >= 0.3 is 0 Å². The van der Waals surface area contributed by atoms with Crippen LogP contribution in [0.1, 0.15) is 20.3 Å². The summed E-state index contributed by atoms with van der Waals surface area (Å²) in [6, 6.07) is 7.41. The average Bonchev–Trinajstić information content (AvgIpc) is 2.37. The molecule has 1 amide bonds. The number of rotatable bonds is 7. The summed E-state index contributed by atoms with van der Waals surface area (Å²) in [5.74, 6) is -0.0975. The summed E-state index contributed by atoms with van der Waals surface area (Å²) >= 11 is 5.99. The molecule has 0 bridgehead atoms. The number of benzene rings is 1. The van der Waals surface area contributed by atoms with Gasteiger partial charge in [-0.2, -0.15) is 0 Å². The molecule has 1 aromatic carbocycles. The number of aliphatic hydroxyl groups is 1. The first kappa shape index (κ1) is 16.0. The monoisotopic (exact) mass is 284 g/mol. The van der Waals surface area contributed by atoms with E-state index in [1.54, 1.807) is 12.1 Å². The van der Waals surface area contributed by atoms with Crippen molar-refractivity contribution in [2.24, 2.45) is 0 Å². The highest BCUT2D eigenvalue weighted by Gasteiger charge is 2.14. The van der Waals surface area contributed by atoms with Crippen LogP contribution in [-0.4, -0.2) is 41.7 Å². The minimum absolute atomic E-state index is 0.0975. The van der Waals surface area contributed by atoms with Crippen molar-refractivity contribution in [3.05, 3.63) is 29.3 Å². The molecule has 0 aromatic heterocycles. The van der Waals surface area contributed by atoms with E-state index < -0.39 is 0 Å². The highest BCUT2D eigenvalue weighted by molar-refractivity contribution is 6.33. The van der Waals surface area contributed by atoms with E-state index in [9.17, 15) is 4.79 Å². The van der Waals surface area contributed by atoms with Gasteiger partial charge in [0.25, 0.3) is 0 Å². The number of amides is 1. The molecule has 4 nitrogen and oxygen atoms in total. The Bertz CT molecular complexity index is 410. The van der Waals surface area contributed by atoms with Gasteiger partial charge in [-0.25, -0.2) is 0 Å². The average molecular weight is 285 g/mol. The van der Waals surface area contributed by atoms with Gasteiger partial charge in [-0.15, -0.1) is 0 Å². The zero-order valence-electron chi connectivity index (χ0n) is 11.4. The first-order valence-corrected chi connectivity index (χ1v) is 6.81. The largest absolute Gasteiger partial charge is 0.396 e. The number of nitrogens with one attached hydrogen (secondary N) is 1. The number of para-hydroxylation sites is 1. The molecule has 0 atom stereocenters. The Kier molecular flexibility index (Phi) is 6.84. The minimum atomic E-state index is -0.0975. The van der Waals surface area contributed by atoms with Gasteiger partial charge < -0.3 is 10.4 Å². The SMILES string of the molecule is CC(C)N(CCCO)CC(=O)Nc1ccccc1Cl. The number of halogens is 1. The lowest BCUT2D eigenvalue weighted by Crippen LogP contribution is -2.39. The molecule has 0 fully saturated rings. The summed E-state index contributed by atoms with van der Waals surface area (Å²) in [7, 11) is 0. The molecule has 0 aliphatic rings. The van der Waals surface area contributed by atoms with Crippen LogP contribution in [0.3, 0.4) is 0 Å². The number of aliphatic hydroxyl groups excluding tert-OH is 1. The number of anilines is 1. The van der Waals surface area contributed by atoms with Crippen molar-refractivity contribution < 1.29 is 9.90 Å². The summed E-state index contributed by atoms with van der Waals surface area (Å²) in [5.41, 5.74) is 0.625.